The number of ether oxygens (including phenoxy) is 2. The maximum absolute atomic E-state index is 12.0. The summed E-state index contributed by atoms with van der Waals surface area (Å²) in [5.41, 5.74) is 0.376. The van der Waals surface area contributed by atoms with Crippen LogP contribution in [0.3, 0.4) is 0 Å². The van der Waals surface area contributed by atoms with Gasteiger partial charge in [0.05, 0.1) is 19.9 Å². The minimum absolute atomic E-state index is 0.250. The lowest BCUT2D eigenvalue weighted by atomic mass is 10.3. The number of hydrogen-bond donors (Lipinski definition) is 2. The first kappa shape index (κ1) is 18.4. The number of nitrogens with zero attached hydrogens (tertiary/aromatic N) is 3. The van der Waals surface area contributed by atoms with Gasteiger partial charge in [0.1, 0.15) is 6.33 Å². The first-order valence-corrected chi connectivity index (χ1v) is 9.38. The average Bonchev–Trinajstić information content (AvgIpc) is 2.96. The summed E-state index contributed by atoms with van der Waals surface area (Å²) in [5, 5.41) is 8.39. The molecule has 0 aliphatic carbocycles. The quantitative estimate of drug-likeness (QED) is 0.496. The molecule has 0 atom stereocenters. The molecule has 0 amide bonds. The molecule has 0 saturated carbocycles. The van der Waals surface area contributed by atoms with E-state index < -0.39 is 10.2 Å². The summed E-state index contributed by atoms with van der Waals surface area (Å²) in [6.07, 6.45) is 1.59. The Kier molecular flexibility index (Phi) is 6.29. The van der Waals surface area contributed by atoms with Gasteiger partial charge in [0.15, 0.2) is 16.7 Å². The highest BCUT2D eigenvalue weighted by molar-refractivity contribution is 7.99. The summed E-state index contributed by atoms with van der Waals surface area (Å²) in [4.78, 5) is 0. The smallest absolute Gasteiger partial charge is 0.299 e. The van der Waals surface area contributed by atoms with E-state index in [1.165, 1.54) is 26.0 Å². The summed E-state index contributed by atoms with van der Waals surface area (Å²) in [5.74, 6) is 1.49. The van der Waals surface area contributed by atoms with E-state index in [1.807, 2.05) is 7.05 Å². The Balaban J connectivity index is 1.88. The standard InChI is InChI=1S/C13H19N5O4S2/c1-18-9-14-16-13(18)23-7-6-15-24(19,20)17-10-4-5-11(21-2)12(8-10)22-3/h4-5,8-9,15,17H,6-7H2,1-3H3. The van der Waals surface area contributed by atoms with Gasteiger partial charge in [-0.25, -0.2) is 0 Å². The summed E-state index contributed by atoms with van der Waals surface area (Å²) < 4.78 is 41.0. The van der Waals surface area contributed by atoms with Gasteiger partial charge < -0.3 is 14.0 Å². The van der Waals surface area contributed by atoms with Crippen LogP contribution in [-0.2, 0) is 17.3 Å². The normalized spacial score (nSPS) is 11.3. The summed E-state index contributed by atoms with van der Waals surface area (Å²) in [6, 6.07) is 4.77. The molecule has 2 aromatic rings. The lowest BCUT2D eigenvalue weighted by molar-refractivity contribution is 0.355. The monoisotopic (exact) mass is 373 g/mol. The molecule has 11 heteroatoms. The fraction of sp³-hybridized carbons (Fsp3) is 0.385. The van der Waals surface area contributed by atoms with Crippen molar-refractivity contribution in [3.63, 3.8) is 0 Å². The molecular formula is C13H19N5O4S2. The van der Waals surface area contributed by atoms with Gasteiger partial charge >= 0.3 is 0 Å². The third-order valence-corrected chi connectivity index (χ3v) is 5.06. The van der Waals surface area contributed by atoms with E-state index in [0.29, 0.717) is 22.9 Å². The van der Waals surface area contributed by atoms with Gasteiger partial charge in [-0.2, -0.15) is 13.1 Å². The van der Waals surface area contributed by atoms with Gasteiger partial charge in [-0.1, -0.05) is 11.8 Å². The van der Waals surface area contributed by atoms with Crippen LogP contribution in [0.4, 0.5) is 5.69 Å². The predicted octanol–water partition coefficient (Wildman–Crippen LogP) is 0.871. The number of aryl methyl sites for hydroxylation is 1. The Bertz CT molecular complexity index is 778. The van der Waals surface area contributed by atoms with Crippen LogP contribution in [0.5, 0.6) is 11.5 Å². The van der Waals surface area contributed by atoms with E-state index in [2.05, 4.69) is 19.6 Å². The van der Waals surface area contributed by atoms with Crippen LogP contribution < -0.4 is 18.9 Å². The molecule has 0 bridgehead atoms. The van der Waals surface area contributed by atoms with Crippen LogP contribution in [0.1, 0.15) is 0 Å². The van der Waals surface area contributed by atoms with E-state index >= 15 is 0 Å². The Morgan fingerprint density at radius 2 is 2.00 bits per heavy atom. The second-order valence-electron chi connectivity index (χ2n) is 4.64. The van der Waals surface area contributed by atoms with Crippen molar-refractivity contribution in [1.29, 1.82) is 0 Å². The number of aromatic nitrogens is 3. The molecule has 0 aliphatic heterocycles. The fourth-order valence-corrected chi connectivity index (χ4v) is 3.56. The van der Waals surface area contributed by atoms with Crippen molar-refractivity contribution in [1.82, 2.24) is 19.5 Å². The molecule has 0 fully saturated rings. The van der Waals surface area contributed by atoms with E-state index in [0.717, 1.165) is 5.16 Å². The zero-order valence-electron chi connectivity index (χ0n) is 13.5. The lowest BCUT2D eigenvalue weighted by Crippen LogP contribution is -2.31. The lowest BCUT2D eigenvalue weighted by Gasteiger charge is -2.12. The molecule has 0 saturated heterocycles. The van der Waals surface area contributed by atoms with Crippen LogP contribution in [0.2, 0.25) is 0 Å². The first-order chi connectivity index (χ1) is 11.4. The van der Waals surface area contributed by atoms with E-state index in [-0.39, 0.29) is 6.54 Å². The van der Waals surface area contributed by atoms with Crippen molar-refractivity contribution in [2.45, 2.75) is 5.16 Å². The average molecular weight is 373 g/mol. The maximum Gasteiger partial charge on any atom is 0.299 e. The molecule has 2 rings (SSSR count). The predicted molar refractivity (Wildman–Crippen MR) is 91.8 cm³/mol. The van der Waals surface area contributed by atoms with E-state index in [9.17, 15) is 8.42 Å². The Hall–Kier alpha value is -1.98. The zero-order valence-corrected chi connectivity index (χ0v) is 15.1. The molecule has 132 valence electrons. The Morgan fingerprint density at radius 3 is 2.62 bits per heavy atom. The van der Waals surface area contributed by atoms with E-state index in [4.69, 9.17) is 9.47 Å². The molecule has 1 aromatic heterocycles. The highest BCUT2D eigenvalue weighted by Crippen LogP contribution is 2.29. The molecular weight excluding hydrogens is 354 g/mol. The van der Waals surface area contributed by atoms with Gasteiger partial charge in [0.25, 0.3) is 10.2 Å². The number of methoxy groups -OCH3 is 2. The number of anilines is 1. The van der Waals surface area contributed by atoms with Gasteiger partial charge in [-0.05, 0) is 12.1 Å². The first-order valence-electron chi connectivity index (χ1n) is 6.91. The summed E-state index contributed by atoms with van der Waals surface area (Å²) in [6.45, 7) is 0.250. The highest BCUT2D eigenvalue weighted by Gasteiger charge is 2.12. The molecule has 24 heavy (non-hydrogen) atoms. The molecule has 1 aromatic carbocycles. The second-order valence-corrected chi connectivity index (χ2v) is 7.20. The van der Waals surface area contributed by atoms with Crippen molar-refractivity contribution in [2.24, 2.45) is 7.05 Å². The van der Waals surface area contributed by atoms with Crippen LogP contribution in [0.15, 0.2) is 29.7 Å². The maximum atomic E-state index is 12.0. The molecule has 0 spiro atoms. The summed E-state index contributed by atoms with van der Waals surface area (Å²) in [7, 11) is 1.14. The van der Waals surface area contributed by atoms with E-state index in [1.54, 1.807) is 29.1 Å². The fourth-order valence-electron chi connectivity index (χ4n) is 1.81. The van der Waals surface area contributed by atoms with Crippen molar-refractivity contribution in [2.75, 3.05) is 31.2 Å². The van der Waals surface area contributed by atoms with Gasteiger partial charge in [0.2, 0.25) is 0 Å². The number of nitrogens with one attached hydrogen (secondary N) is 2. The number of hydrogen-bond acceptors (Lipinski definition) is 7. The highest BCUT2D eigenvalue weighted by atomic mass is 32.2. The van der Waals surface area contributed by atoms with Crippen LogP contribution in [-0.4, -0.2) is 49.7 Å². The van der Waals surface area contributed by atoms with Crippen molar-refractivity contribution in [3.05, 3.63) is 24.5 Å². The number of rotatable bonds is 9. The van der Waals surface area contributed by atoms with Crippen molar-refractivity contribution >= 4 is 27.7 Å². The topological polar surface area (TPSA) is 107 Å². The minimum atomic E-state index is -3.68. The number of thioether (sulfide) groups is 1. The van der Waals surface area contributed by atoms with Gasteiger partial charge in [-0.15, -0.1) is 10.2 Å². The van der Waals surface area contributed by atoms with Gasteiger partial charge in [-0.3, -0.25) is 4.72 Å². The summed E-state index contributed by atoms with van der Waals surface area (Å²) >= 11 is 1.41. The Morgan fingerprint density at radius 1 is 1.25 bits per heavy atom. The zero-order chi connectivity index (χ0) is 17.6. The SMILES string of the molecule is COc1ccc(NS(=O)(=O)NCCSc2nncn2C)cc1OC. The third-order valence-electron chi connectivity index (χ3n) is 2.93. The molecule has 0 radical (unpaired) electrons. The molecule has 1 heterocycles. The minimum Gasteiger partial charge on any atom is -0.493 e. The largest absolute Gasteiger partial charge is 0.493 e. The van der Waals surface area contributed by atoms with Crippen LogP contribution in [0.25, 0.3) is 0 Å². The Labute approximate surface area is 144 Å². The molecule has 0 aliphatic rings. The van der Waals surface area contributed by atoms with Gasteiger partial charge in [0, 0.05) is 25.4 Å². The van der Waals surface area contributed by atoms with Crippen LogP contribution in [0, 0.1) is 0 Å². The molecule has 0 unspecified atom stereocenters. The van der Waals surface area contributed by atoms with Crippen LogP contribution >= 0.6 is 11.8 Å². The molecule has 2 N–H and O–H groups in total. The molecule has 9 nitrogen and oxygen atoms in total. The van der Waals surface area contributed by atoms with Crippen molar-refractivity contribution in [3.8, 4) is 11.5 Å². The number of benzene rings is 1. The van der Waals surface area contributed by atoms with Crippen molar-refractivity contribution < 1.29 is 17.9 Å². The second kappa shape index (κ2) is 8.22. The third kappa shape index (κ3) is 5.01.